The van der Waals surface area contributed by atoms with Crippen LogP contribution < -0.4 is 9.64 Å². The maximum absolute atomic E-state index is 12.5. The predicted molar refractivity (Wildman–Crippen MR) is 161 cm³/mol. The largest absolute Gasteiger partial charge is 0.462 e. The predicted octanol–water partition coefficient (Wildman–Crippen LogP) is 3.97. The minimum Gasteiger partial charge on any atom is -0.462 e. The van der Waals surface area contributed by atoms with Gasteiger partial charge in [-0.25, -0.2) is 0 Å². The third kappa shape index (κ3) is 5.42. The van der Waals surface area contributed by atoms with Crippen LogP contribution in [0, 0.1) is 5.41 Å². The molecule has 0 N–H and O–H groups in total. The van der Waals surface area contributed by atoms with Crippen LogP contribution in [0.4, 0.5) is 5.82 Å². The Morgan fingerprint density at radius 2 is 2.10 bits per heavy atom. The summed E-state index contributed by atoms with van der Waals surface area (Å²) in [4.78, 5) is 35.1. The van der Waals surface area contributed by atoms with E-state index < -0.39 is 0 Å². The van der Waals surface area contributed by atoms with E-state index in [0.29, 0.717) is 38.3 Å². The number of aliphatic imine (C=N–C) groups is 1. The Kier molecular flexibility index (Phi) is 7.95. The number of nitrogens with zero attached hydrogens (tertiary/aromatic N) is 6. The van der Waals surface area contributed by atoms with Gasteiger partial charge in [-0.15, -0.1) is 11.3 Å². The zero-order valence-corrected chi connectivity index (χ0v) is 24.6. The molecule has 0 aromatic carbocycles. The van der Waals surface area contributed by atoms with E-state index in [1.807, 2.05) is 16.2 Å². The number of likely N-dealkylation sites (tertiary alicyclic amines) is 1. The summed E-state index contributed by atoms with van der Waals surface area (Å²) in [5.74, 6) is 0.985. The number of hydrogen-bond donors (Lipinski definition) is 0. The van der Waals surface area contributed by atoms with Crippen LogP contribution in [0.2, 0.25) is 0 Å². The van der Waals surface area contributed by atoms with Gasteiger partial charge in [-0.2, -0.15) is 9.97 Å². The average molecular weight is 563 g/mol. The van der Waals surface area contributed by atoms with Gasteiger partial charge in [0, 0.05) is 48.7 Å². The van der Waals surface area contributed by atoms with Crippen molar-refractivity contribution in [3.63, 3.8) is 0 Å². The second-order valence-electron chi connectivity index (χ2n) is 12.1. The first-order chi connectivity index (χ1) is 19.5. The number of likely N-dealkylation sites (N-methyl/N-ethyl adjacent to an activating group) is 1. The highest BCUT2D eigenvalue weighted by atomic mass is 32.1. The lowest BCUT2D eigenvalue weighted by molar-refractivity contribution is -0.126. The Morgan fingerprint density at radius 1 is 1.23 bits per heavy atom. The number of thiophene rings is 1. The molecule has 2 aliphatic carbocycles. The van der Waals surface area contributed by atoms with Gasteiger partial charge < -0.3 is 24.4 Å². The molecular weight excluding hydrogens is 520 g/mol. The molecular formula is C31H42N6O2S. The normalized spacial score (nSPS) is 26.4. The zero-order valence-electron chi connectivity index (χ0n) is 23.8. The number of amides is 1. The number of fused-ring (bicyclic) bond motifs is 2. The molecule has 4 heterocycles. The standard InChI is InChI=1S/C31H42N6O2S/c1-4-28(38)36-15-16-37(23(20-36)9-13-32-2)29-25-7-11-31(12-8-27-22(18-31)10-17-40-27)19-26(25)33-30(34-29)39-21-24-6-5-14-35(24)3/h4,10,17,23-24H,1-2,5-9,11-16,18-21H2,3H3. The van der Waals surface area contributed by atoms with E-state index in [0.717, 1.165) is 63.1 Å². The number of aryl methyl sites for hydroxylation is 1. The lowest BCUT2D eigenvalue weighted by atomic mass is 9.65. The fraction of sp³-hybridized carbons (Fsp3) is 0.613. The summed E-state index contributed by atoms with van der Waals surface area (Å²) in [6.45, 7) is 11.8. The SMILES string of the molecule is C=CC(=O)N1CCN(c2nc(OCC3CCCN3C)nc3c2CCC2(CCc4sccc4C2)C3)C(CCN=C)C1. The molecule has 2 aromatic rings. The quantitative estimate of drug-likeness (QED) is 0.358. The Hall–Kier alpha value is -2.78. The van der Waals surface area contributed by atoms with E-state index >= 15 is 0 Å². The molecule has 0 radical (unpaired) electrons. The summed E-state index contributed by atoms with van der Waals surface area (Å²) >= 11 is 1.91. The van der Waals surface area contributed by atoms with Crippen molar-refractivity contribution in [2.45, 2.75) is 69.9 Å². The topological polar surface area (TPSA) is 74.2 Å². The number of carbonyl (C=O) groups is 1. The number of anilines is 1. The number of piperazine rings is 1. The minimum atomic E-state index is -0.0160. The van der Waals surface area contributed by atoms with E-state index in [-0.39, 0.29) is 17.4 Å². The van der Waals surface area contributed by atoms with Crippen LogP contribution in [0.15, 0.2) is 29.1 Å². The second-order valence-corrected chi connectivity index (χ2v) is 13.1. The molecule has 3 unspecified atom stereocenters. The summed E-state index contributed by atoms with van der Waals surface area (Å²) in [7, 11) is 2.17. The summed E-state index contributed by atoms with van der Waals surface area (Å²) in [5, 5.41) is 2.25. The van der Waals surface area contributed by atoms with Crippen LogP contribution in [0.3, 0.4) is 0 Å². The van der Waals surface area contributed by atoms with Crippen molar-refractivity contribution in [3.8, 4) is 6.01 Å². The number of carbonyl (C=O) groups excluding carboxylic acids is 1. The van der Waals surface area contributed by atoms with E-state index in [2.05, 4.69) is 46.6 Å². The first-order valence-corrected chi connectivity index (χ1v) is 15.7. The van der Waals surface area contributed by atoms with Crippen LogP contribution in [-0.2, 0) is 30.5 Å². The Balaban J connectivity index is 1.32. The Labute approximate surface area is 242 Å². The lowest BCUT2D eigenvalue weighted by Gasteiger charge is -2.45. The second kappa shape index (κ2) is 11.6. The number of ether oxygens (including phenoxy) is 1. The maximum Gasteiger partial charge on any atom is 0.318 e. The van der Waals surface area contributed by atoms with Gasteiger partial charge in [-0.3, -0.25) is 4.79 Å². The van der Waals surface area contributed by atoms with Crippen LogP contribution in [0.1, 0.15) is 53.8 Å². The molecule has 3 atom stereocenters. The fourth-order valence-electron chi connectivity index (χ4n) is 7.32. The molecule has 40 heavy (non-hydrogen) atoms. The van der Waals surface area contributed by atoms with Crippen molar-refractivity contribution in [1.29, 1.82) is 0 Å². The maximum atomic E-state index is 12.5. The van der Waals surface area contributed by atoms with Crippen LogP contribution in [0.25, 0.3) is 0 Å². The molecule has 0 saturated carbocycles. The van der Waals surface area contributed by atoms with Gasteiger partial charge in [0.1, 0.15) is 12.4 Å². The molecule has 0 bridgehead atoms. The molecule has 4 aliphatic rings. The highest BCUT2D eigenvalue weighted by molar-refractivity contribution is 7.10. The van der Waals surface area contributed by atoms with Crippen molar-refractivity contribution >= 4 is 29.8 Å². The van der Waals surface area contributed by atoms with Crippen LogP contribution >= 0.6 is 11.3 Å². The zero-order chi connectivity index (χ0) is 27.7. The summed E-state index contributed by atoms with van der Waals surface area (Å²) in [5.41, 5.74) is 4.23. The molecule has 2 saturated heterocycles. The molecule has 2 aromatic heterocycles. The monoisotopic (exact) mass is 562 g/mol. The van der Waals surface area contributed by atoms with E-state index in [9.17, 15) is 4.79 Å². The van der Waals surface area contributed by atoms with Gasteiger partial charge in [-0.1, -0.05) is 6.58 Å². The molecule has 9 heteroatoms. The highest BCUT2D eigenvalue weighted by Gasteiger charge is 2.41. The molecule has 2 aliphatic heterocycles. The Bertz CT molecular complexity index is 1260. The highest BCUT2D eigenvalue weighted by Crippen LogP contribution is 2.47. The smallest absolute Gasteiger partial charge is 0.318 e. The van der Waals surface area contributed by atoms with E-state index in [1.54, 1.807) is 4.88 Å². The number of hydrogen-bond acceptors (Lipinski definition) is 8. The Morgan fingerprint density at radius 3 is 2.90 bits per heavy atom. The van der Waals surface area contributed by atoms with E-state index in [4.69, 9.17) is 14.7 Å². The van der Waals surface area contributed by atoms with Crippen LogP contribution in [-0.4, -0.2) is 90.9 Å². The van der Waals surface area contributed by atoms with Crippen molar-refractivity contribution in [2.75, 3.05) is 51.3 Å². The van der Waals surface area contributed by atoms with Crippen molar-refractivity contribution in [2.24, 2.45) is 10.4 Å². The van der Waals surface area contributed by atoms with Gasteiger partial charge in [0.25, 0.3) is 0 Å². The van der Waals surface area contributed by atoms with Gasteiger partial charge in [0.05, 0.1) is 5.69 Å². The molecule has 2 fully saturated rings. The fourth-order valence-corrected chi connectivity index (χ4v) is 8.23. The first-order valence-electron chi connectivity index (χ1n) is 14.9. The van der Waals surface area contributed by atoms with Crippen LogP contribution in [0.5, 0.6) is 6.01 Å². The van der Waals surface area contributed by atoms with Crippen molar-refractivity contribution in [3.05, 3.63) is 45.8 Å². The lowest BCUT2D eigenvalue weighted by Crippen LogP contribution is -2.55. The summed E-state index contributed by atoms with van der Waals surface area (Å²) in [6.07, 6.45) is 11.2. The van der Waals surface area contributed by atoms with Gasteiger partial charge >= 0.3 is 6.01 Å². The van der Waals surface area contributed by atoms with Crippen molar-refractivity contribution in [1.82, 2.24) is 19.8 Å². The summed E-state index contributed by atoms with van der Waals surface area (Å²) < 4.78 is 6.38. The van der Waals surface area contributed by atoms with E-state index in [1.165, 1.54) is 36.5 Å². The van der Waals surface area contributed by atoms with Gasteiger partial charge in [-0.05, 0) is 107 Å². The van der Waals surface area contributed by atoms with Crippen molar-refractivity contribution < 1.29 is 9.53 Å². The third-order valence-corrected chi connectivity index (χ3v) is 10.7. The molecule has 8 nitrogen and oxygen atoms in total. The minimum absolute atomic E-state index is 0.0160. The molecule has 214 valence electrons. The molecule has 6 rings (SSSR count). The first kappa shape index (κ1) is 27.4. The molecule has 1 amide bonds. The third-order valence-electron chi connectivity index (χ3n) is 9.72. The number of aromatic nitrogens is 2. The molecule has 1 spiro atoms. The summed E-state index contributed by atoms with van der Waals surface area (Å²) in [6, 6.07) is 3.35. The van der Waals surface area contributed by atoms with Gasteiger partial charge in [0.15, 0.2) is 0 Å². The van der Waals surface area contributed by atoms with Gasteiger partial charge in [0.2, 0.25) is 5.91 Å². The average Bonchev–Trinajstić information content (AvgIpc) is 3.61. The number of rotatable bonds is 8.